The van der Waals surface area contributed by atoms with E-state index in [2.05, 4.69) is 4.98 Å². The molecule has 0 aliphatic heterocycles. The molecule has 0 spiro atoms. The summed E-state index contributed by atoms with van der Waals surface area (Å²) in [4.78, 5) is 19.4. The molecule has 0 amide bonds. The zero-order valence-corrected chi connectivity index (χ0v) is 13.2. The van der Waals surface area contributed by atoms with Gasteiger partial charge in [-0.2, -0.15) is 0 Å². The highest BCUT2D eigenvalue weighted by molar-refractivity contribution is 7.13. The molecular weight excluding hydrogens is 306 g/mol. The predicted molar refractivity (Wildman–Crippen MR) is 82.7 cm³/mol. The summed E-state index contributed by atoms with van der Waals surface area (Å²) in [5.41, 5.74) is 1.23. The van der Waals surface area contributed by atoms with Crippen LogP contribution in [-0.2, 0) is 11.3 Å². The topological polar surface area (TPSA) is 52.3 Å². The van der Waals surface area contributed by atoms with Crippen molar-refractivity contribution >= 4 is 28.6 Å². The highest BCUT2D eigenvalue weighted by atomic mass is 32.1. The first-order chi connectivity index (χ1) is 10.1. The summed E-state index contributed by atoms with van der Waals surface area (Å²) in [7, 11) is 0. The van der Waals surface area contributed by atoms with Crippen LogP contribution in [0.4, 0.5) is 0 Å². The standard InChI is InChI=1S/C15H13NO3S2/c1-9-6-12(10(2)21-9)15(17)19-8-11-7-18-14(16-11)13-4-3-5-20-13/h3-7H,8H2,1-2H3. The van der Waals surface area contributed by atoms with Gasteiger partial charge in [0.1, 0.15) is 18.6 Å². The van der Waals surface area contributed by atoms with Crippen LogP contribution in [0.3, 0.4) is 0 Å². The minimum atomic E-state index is -0.322. The van der Waals surface area contributed by atoms with Gasteiger partial charge in [-0.25, -0.2) is 9.78 Å². The van der Waals surface area contributed by atoms with Crippen LogP contribution in [0.1, 0.15) is 25.8 Å². The van der Waals surface area contributed by atoms with Crippen molar-refractivity contribution in [2.24, 2.45) is 0 Å². The Hall–Kier alpha value is -1.92. The van der Waals surface area contributed by atoms with Crippen molar-refractivity contribution in [1.29, 1.82) is 0 Å². The molecule has 6 heteroatoms. The lowest BCUT2D eigenvalue weighted by molar-refractivity contribution is 0.0467. The zero-order chi connectivity index (χ0) is 14.8. The van der Waals surface area contributed by atoms with Crippen LogP contribution >= 0.6 is 22.7 Å². The molecule has 0 N–H and O–H groups in total. The normalized spacial score (nSPS) is 10.8. The Bertz CT molecular complexity index is 756. The summed E-state index contributed by atoms with van der Waals surface area (Å²) in [6.07, 6.45) is 1.52. The van der Waals surface area contributed by atoms with Gasteiger partial charge in [0.05, 0.1) is 10.4 Å². The predicted octanol–water partition coefficient (Wildman–Crippen LogP) is 4.44. The van der Waals surface area contributed by atoms with Crippen molar-refractivity contribution in [2.45, 2.75) is 20.5 Å². The van der Waals surface area contributed by atoms with Crippen LogP contribution < -0.4 is 0 Å². The van der Waals surface area contributed by atoms with Gasteiger partial charge < -0.3 is 9.15 Å². The smallest absolute Gasteiger partial charge is 0.339 e. The van der Waals surface area contributed by atoms with Crippen LogP contribution in [0.5, 0.6) is 0 Å². The lowest BCUT2D eigenvalue weighted by atomic mass is 10.2. The fraction of sp³-hybridized carbons (Fsp3) is 0.200. The monoisotopic (exact) mass is 319 g/mol. The number of thiophene rings is 2. The van der Waals surface area contributed by atoms with E-state index in [1.807, 2.05) is 37.4 Å². The van der Waals surface area contributed by atoms with E-state index in [0.717, 1.165) is 14.6 Å². The third-order valence-electron chi connectivity index (χ3n) is 2.90. The van der Waals surface area contributed by atoms with Crippen LogP contribution in [0.15, 0.2) is 34.3 Å². The summed E-state index contributed by atoms with van der Waals surface area (Å²) >= 11 is 3.14. The van der Waals surface area contributed by atoms with Crippen molar-refractivity contribution < 1.29 is 13.9 Å². The largest absolute Gasteiger partial charge is 0.455 e. The number of nitrogens with zero attached hydrogens (tertiary/aromatic N) is 1. The van der Waals surface area contributed by atoms with E-state index in [9.17, 15) is 4.79 Å². The van der Waals surface area contributed by atoms with Crippen molar-refractivity contribution in [3.8, 4) is 10.8 Å². The van der Waals surface area contributed by atoms with Crippen LogP contribution in [0.2, 0.25) is 0 Å². The van der Waals surface area contributed by atoms with E-state index in [1.165, 1.54) is 6.26 Å². The van der Waals surface area contributed by atoms with Crippen molar-refractivity contribution in [1.82, 2.24) is 4.98 Å². The molecule has 0 saturated heterocycles. The molecule has 0 aliphatic carbocycles. The first-order valence-electron chi connectivity index (χ1n) is 6.36. The number of ether oxygens (including phenoxy) is 1. The Labute approximate surface area is 130 Å². The third-order valence-corrected chi connectivity index (χ3v) is 4.72. The molecule has 0 aromatic carbocycles. The zero-order valence-electron chi connectivity index (χ0n) is 11.6. The number of hydrogen-bond acceptors (Lipinski definition) is 6. The maximum absolute atomic E-state index is 12.0. The molecule has 0 atom stereocenters. The fourth-order valence-electron chi connectivity index (χ4n) is 1.94. The highest BCUT2D eigenvalue weighted by Crippen LogP contribution is 2.24. The number of carbonyl (C=O) groups excluding carboxylic acids is 1. The molecule has 0 fully saturated rings. The second-order valence-electron chi connectivity index (χ2n) is 4.52. The summed E-state index contributed by atoms with van der Waals surface area (Å²) in [5, 5.41) is 1.96. The number of rotatable bonds is 4. The van der Waals surface area contributed by atoms with Gasteiger partial charge >= 0.3 is 5.97 Å². The van der Waals surface area contributed by atoms with E-state index in [0.29, 0.717) is 17.1 Å². The SMILES string of the molecule is Cc1cc(C(=O)OCc2coc(-c3cccs3)n2)c(C)s1. The van der Waals surface area contributed by atoms with Gasteiger partial charge in [-0.1, -0.05) is 6.07 Å². The van der Waals surface area contributed by atoms with E-state index in [-0.39, 0.29) is 12.6 Å². The van der Waals surface area contributed by atoms with Gasteiger partial charge in [0.15, 0.2) is 0 Å². The van der Waals surface area contributed by atoms with Crippen LogP contribution in [0.25, 0.3) is 10.8 Å². The Morgan fingerprint density at radius 3 is 2.95 bits per heavy atom. The molecule has 0 saturated carbocycles. The first-order valence-corrected chi connectivity index (χ1v) is 8.05. The number of aryl methyl sites for hydroxylation is 2. The lowest BCUT2D eigenvalue weighted by Crippen LogP contribution is -2.05. The number of esters is 1. The summed E-state index contributed by atoms with van der Waals surface area (Å²) in [6, 6.07) is 5.72. The van der Waals surface area contributed by atoms with Gasteiger partial charge in [-0.15, -0.1) is 22.7 Å². The molecule has 0 aliphatic rings. The molecule has 3 aromatic heterocycles. The van der Waals surface area contributed by atoms with Crippen molar-refractivity contribution in [2.75, 3.05) is 0 Å². The minimum Gasteiger partial charge on any atom is -0.455 e. The summed E-state index contributed by atoms with van der Waals surface area (Å²) in [6.45, 7) is 4.00. The number of hydrogen-bond donors (Lipinski definition) is 0. The number of oxazole rings is 1. The van der Waals surface area contributed by atoms with Crippen molar-refractivity contribution in [3.05, 3.63) is 50.9 Å². The lowest BCUT2D eigenvalue weighted by Gasteiger charge is -2.01. The Balaban J connectivity index is 1.65. The highest BCUT2D eigenvalue weighted by Gasteiger charge is 2.15. The first kappa shape index (κ1) is 14.0. The average Bonchev–Trinajstić information content (AvgIpc) is 3.15. The maximum Gasteiger partial charge on any atom is 0.339 e. The molecule has 3 aromatic rings. The van der Waals surface area contributed by atoms with Crippen molar-refractivity contribution in [3.63, 3.8) is 0 Å². The van der Waals surface area contributed by atoms with E-state index >= 15 is 0 Å². The summed E-state index contributed by atoms with van der Waals surface area (Å²) < 4.78 is 10.7. The Morgan fingerprint density at radius 1 is 1.43 bits per heavy atom. The van der Waals surface area contributed by atoms with Gasteiger partial charge in [0, 0.05) is 9.75 Å². The molecule has 108 valence electrons. The molecule has 0 radical (unpaired) electrons. The molecule has 3 heterocycles. The van der Waals surface area contributed by atoms with E-state index in [1.54, 1.807) is 22.7 Å². The van der Waals surface area contributed by atoms with Gasteiger partial charge in [0.25, 0.3) is 0 Å². The molecular formula is C15H13NO3S2. The second-order valence-corrected chi connectivity index (χ2v) is 6.93. The van der Waals surface area contributed by atoms with Crippen LogP contribution in [0, 0.1) is 13.8 Å². The Morgan fingerprint density at radius 2 is 2.29 bits per heavy atom. The third kappa shape index (κ3) is 3.06. The van der Waals surface area contributed by atoms with Gasteiger partial charge in [-0.3, -0.25) is 0 Å². The number of carbonyl (C=O) groups is 1. The maximum atomic E-state index is 12.0. The molecule has 4 nitrogen and oxygen atoms in total. The quantitative estimate of drug-likeness (QED) is 0.667. The second kappa shape index (κ2) is 5.83. The number of aromatic nitrogens is 1. The van der Waals surface area contributed by atoms with E-state index in [4.69, 9.17) is 9.15 Å². The Kier molecular flexibility index (Phi) is 3.90. The van der Waals surface area contributed by atoms with Gasteiger partial charge in [0.2, 0.25) is 5.89 Å². The molecule has 21 heavy (non-hydrogen) atoms. The fourth-order valence-corrected chi connectivity index (χ4v) is 3.50. The summed E-state index contributed by atoms with van der Waals surface area (Å²) in [5.74, 6) is 0.233. The van der Waals surface area contributed by atoms with Gasteiger partial charge in [-0.05, 0) is 31.4 Å². The molecule has 3 rings (SSSR count). The minimum absolute atomic E-state index is 0.113. The molecule has 0 unspecified atom stereocenters. The molecule has 0 bridgehead atoms. The van der Waals surface area contributed by atoms with E-state index < -0.39 is 0 Å². The van der Waals surface area contributed by atoms with Crippen LogP contribution in [-0.4, -0.2) is 11.0 Å². The average molecular weight is 319 g/mol.